The molecule has 0 fully saturated rings. The Morgan fingerprint density at radius 2 is 1.75 bits per heavy atom. The van der Waals surface area contributed by atoms with Crippen molar-refractivity contribution in [3.05, 3.63) is 87.9 Å². The molecule has 0 saturated heterocycles. The minimum atomic E-state index is 0.0911. The van der Waals surface area contributed by atoms with Gasteiger partial charge in [0, 0.05) is 17.0 Å². The largest absolute Gasteiger partial charge is 0.484 e. The summed E-state index contributed by atoms with van der Waals surface area (Å²) >= 11 is 6.02. The van der Waals surface area contributed by atoms with Crippen LogP contribution in [0.5, 0.6) is 5.75 Å². The summed E-state index contributed by atoms with van der Waals surface area (Å²) in [4.78, 5) is 0. The van der Waals surface area contributed by atoms with E-state index in [1.54, 1.807) is 0 Å². The third kappa shape index (κ3) is 2.70. The molecule has 4 rings (SSSR count). The average Bonchev–Trinajstić information content (AvgIpc) is 3.02. The fourth-order valence-electron chi connectivity index (χ4n) is 3.41. The Bertz CT molecular complexity index is 896. The van der Waals surface area contributed by atoms with E-state index >= 15 is 0 Å². The van der Waals surface area contributed by atoms with Crippen molar-refractivity contribution in [1.29, 1.82) is 0 Å². The van der Waals surface area contributed by atoms with Crippen LogP contribution in [0.15, 0.2) is 60.7 Å². The number of hydrogen-bond acceptors (Lipinski definition) is 1. The van der Waals surface area contributed by atoms with Gasteiger partial charge in [0.25, 0.3) is 0 Å². The zero-order valence-corrected chi connectivity index (χ0v) is 14.6. The smallest absolute Gasteiger partial charge is 0.131 e. The summed E-state index contributed by atoms with van der Waals surface area (Å²) in [5.74, 6) is 1.01. The first-order chi connectivity index (χ1) is 11.6. The van der Waals surface area contributed by atoms with E-state index in [1.807, 2.05) is 24.3 Å². The van der Waals surface area contributed by atoms with Gasteiger partial charge < -0.3 is 4.74 Å². The lowest BCUT2D eigenvalue weighted by Gasteiger charge is -2.16. The Balaban J connectivity index is 1.73. The van der Waals surface area contributed by atoms with Crippen molar-refractivity contribution in [2.45, 2.75) is 26.4 Å². The van der Waals surface area contributed by atoms with Gasteiger partial charge in [0.15, 0.2) is 0 Å². The molecule has 0 spiro atoms. The number of para-hydroxylation sites is 1. The Morgan fingerprint density at radius 1 is 0.958 bits per heavy atom. The lowest BCUT2D eigenvalue weighted by atomic mass is 9.96. The average molecular weight is 335 g/mol. The first-order valence-corrected chi connectivity index (χ1v) is 8.61. The molecule has 1 aliphatic rings. The van der Waals surface area contributed by atoms with Crippen LogP contribution in [0.3, 0.4) is 0 Å². The molecule has 0 N–H and O–H groups in total. The molecule has 1 atom stereocenters. The van der Waals surface area contributed by atoms with Crippen molar-refractivity contribution >= 4 is 11.6 Å². The van der Waals surface area contributed by atoms with Gasteiger partial charge in [-0.3, -0.25) is 0 Å². The molecule has 1 nitrogen and oxygen atoms in total. The zero-order valence-electron chi connectivity index (χ0n) is 13.8. The standard InChI is InChI=1S/C22H19ClO/c1-14-6-7-15(2)20(12-14)21-13-17-4-3-5-19(22(17)24-21)16-8-10-18(23)11-9-16/h3-12,21H,13H2,1-2H3. The van der Waals surface area contributed by atoms with E-state index in [0.717, 1.165) is 28.3 Å². The van der Waals surface area contributed by atoms with E-state index in [1.165, 1.54) is 22.3 Å². The molecule has 2 heteroatoms. The quantitative estimate of drug-likeness (QED) is 0.534. The van der Waals surface area contributed by atoms with Crippen molar-refractivity contribution in [3.8, 4) is 16.9 Å². The third-order valence-electron chi connectivity index (χ3n) is 4.70. The molecular weight excluding hydrogens is 316 g/mol. The second-order valence-electron chi connectivity index (χ2n) is 6.47. The number of aryl methyl sites for hydroxylation is 2. The topological polar surface area (TPSA) is 9.23 Å². The van der Waals surface area contributed by atoms with Crippen molar-refractivity contribution in [2.24, 2.45) is 0 Å². The number of benzene rings is 3. The third-order valence-corrected chi connectivity index (χ3v) is 4.95. The van der Waals surface area contributed by atoms with Crippen LogP contribution in [-0.2, 0) is 6.42 Å². The van der Waals surface area contributed by atoms with Gasteiger partial charge in [0.2, 0.25) is 0 Å². The summed E-state index contributed by atoms with van der Waals surface area (Å²) < 4.78 is 6.41. The van der Waals surface area contributed by atoms with Crippen LogP contribution in [0.25, 0.3) is 11.1 Å². The van der Waals surface area contributed by atoms with Gasteiger partial charge in [-0.1, -0.05) is 65.7 Å². The van der Waals surface area contributed by atoms with Crippen LogP contribution in [0, 0.1) is 13.8 Å². The summed E-state index contributed by atoms with van der Waals surface area (Å²) in [6.45, 7) is 4.28. The Hall–Kier alpha value is -2.25. The van der Waals surface area contributed by atoms with Crippen molar-refractivity contribution < 1.29 is 4.74 Å². The maximum absolute atomic E-state index is 6.41. The van der Waals surface area contributed by atoms with Gasteiger partial charge in [-0.15, -0.1) is 0 Å². The van der Waals surface area contributed by atoms with Gasteiger partial charge in [-0.05, 0) is 48.2 Å². The van der Waals surface area contributed by atoms with E-state index in [9.17, 15) is 0 Å². The molecular formula is C22H19ClO. The number of ether oxygens (including phenoxy) is 1. The minimum absolute atomic E-state index is 0.0911. The predicted molar refractivity (Wildman–Crippen MR) is 99.9 cm³/mol. The molecule has 3 aromatic rings. The highest BCUT2D eigenvalue weighted by Gasteiger charge is 2.27. The number of halogens is 1. The maximum atomic E-state index is 6.41. The van der Waals surface area contributed by atoms with E-state index in [4.69, 9.17) is 16.3 Å². The minimum Gasteiger partial charge on any atom is -0.484 e. The van der Waals surface area contributed by atoms with Crippen LogP contribution >= 0.6 is 11.6 Å². The van der Waals surface area contributed by atoms with Crippen LogP contribution in [0.1, 0.15) is 28.4 Å². The van der Waals surface area contributed by atoms with Gasteiger partial charge in [0.1, 0.15) is 11.9 Å². The van der Waals surface area contributed by atoms with Gasteiger partial charge in [-0.25, -0.2) is 0 Å². The summed E-state index contributed by atoms with van der Waals surface area (Å²) in [5, 5.41) is 0.750. The first kappa shape index (κ1) is 15.3. The van der Waals surface area contributed by atoms with Crippen LogP contribution in [0.4, 0.5) is 0 Å². The molecule has 3 aromatic carbocycles. The number of fused-ring (bicyclic) bond motifs is 1. The predicted octanol–water partition coefficient (Wildman–Crippen LogP) is 6.30. The summed E-state index contributed by atoms with van der Waals surface area (Å²) in [6.07, 6.45) is 1.01. The highest BCUT2D eigenvalue weighted by molar-refractivity contribution is 6.30. The van der Waals surface area contributed by atoms with E-state index in [2.05, 4.69) is 50.2 Å². The van der Waals surface area contributed by atoms with E-state index in [-0.39, 0.29) is 6.10 Å². The van der Waals surface area contributed by atoms with Gasteiger partial charge in [-0.2, -0.15) is 0 Å². The summed E-state index contributed by atoms with van der Waals surface area (Å²) in [6, 6.07) is 20.9. The molecule has 1 unspecified atom stereocenters. The van der Waals surface area contributed by atoms with Crippen LogP contribution in [0.2, 0.25) is 5.02 Å². The molecule has 120 valence electrons. The number of rotatable bonds is 2. The lowest BCUT2D eigenvalue weighted by molar-refractivity contribution is 0.238. The molecule has 0 radical (unpaired) electrons. The molecule has 0 bridgehead atoms. The fraction of sp³-hybridized carbons (Fsp3) is 0.182. The zero-order chi connectivity index (χ0) is 16.7. The molecule has 24 heavy (non-hydrogen) atoms. The van der Waals surface area contributed by atoms with Crippen LogP contribution < -0.4 is 4.74 Å². The number of hydrogen-bond donors (Lipinski definition) is 0. The molecule has 1 aliphatic heterocycles. The highest BCUT2D eigenvalue weighted by Crippen LogP contribution is 2.44. The SMILES string of the molecule is Cc1ccc(C)c(C2Cc3cccc(-c4ccc(Cl)cc4)c3O2)c1. The van der Waals surface area contributed by atoms with Gasteiger partial charge >= 0.3 is 0 Å². The fourth-order valence-corrected chi connectivity index (χ4v) is 3.53. The monoisotopic (exact) mass is 334 g/mol. The van der Waals surface area contributed by atoms with Crippen molar-refractivity contribution in [1.82, 2.24) is 0 Å². The first-order valence-electron chi connectivity index (χ1n) is 8.23. The Labute approximate surface area is 147 Å². The summed E-state index contributed by atoms with van der Waals surface area (Å²) in [7, 11) is 0. The summed E-state index contributed by atoms with van der Waals surface area (Å²) in [5.41, 5.74) is 7.39. The Kier molecular flexibility index (Phi) is 3.82. The highest BCUT2D eigenvalue weighted by atomic mass is 35.5. The second kappa shape index (κ2) is 5.99. The van der Waals surface area contributed by atoms with Gasteiger partial charge in [0.05, 0.1) is 0 Å². The lowest BCUT2D eigenvalue weighted by Crippen LogP contribution is -2.05. The maximum Gasteiger partial charge on any atom is 0.131 e. The molecule has 1 heterocycles. The van der Waals surface area contributed by atoms with Crippen molar-refractivity contribution in [2.75, 3.05) is 0 Å². The molecule has 0 aromatic heterocycles. The molecule has 0 aliphatic carbocycles. The second-order valence-corrected chi connectivity index (χ2v) is 6.91. The normalized spacial score (nSPS) is 15.9. The Morgan fingerprint density at radius 3 is 2.54 bits per heavy atom. The van der Waals surface area contributed by atoms with E-state index in [0.29, 0.717) is 0 Å². The molecule has 0 amide bonds. The van der Waals surface area contributed by atoms with Crippen LogP contribution in [-0.4, -0.2) is 0 Å². The molecule has 0 saturated carbocycles. The van der Waals surface area contributed by atoms with E-state index < -0.39 is 0 Å². The van der Waals surface area contributed by atoms with Crippen molar-refractivity contribution in [3.63, 3.8) is 0 Å².